The Bertz CT molecular complexity index is 1040. The number of ether oxygens (including phenoxy) is 2. The Morgan fingerprint density at radius 1 is 1.19 bits per heavy atom. The summed E-state index contributed by atoms with van der Waals surface area (Å²) < 4.78 is 12.6. The Hall–Kier alpha value is -3.32. The first-order valence-electron chi connectivity index (χ1n) is 8.30. The van der Waals surface area contributed by atoms with E-state index in [1.807, 2.05) is 46.4 Å². The molecule has 136 valence electrons. The number of nitrogens with zero attached hydrogens (tertiary/aromatic N) is 2. The van der Waals surface area contributed by atoms with Gasteiger partial charge in [-0.3, -0.25) is 9.20 Å². The molecule has 1 amide bonds. The molecule has 27 heavy (non-hydrogen) atoms. The van der Waals surface area contributed by atoms with Gasteiger partial charge in [-0.05, 0) is 36.4 Å². The van der Waals surface area contributed by atoms with Crippen molar-refractivity contribution >= 4 is 27.9 Å². The van der Waals surface area contributed by atoms with Crippen molar-refractivity contribution in [1.29, 1.82) is 0 Å². The summed E-state index contributed by atoms with van der Waals surface area (Å²) in [5, 5.41) is 4.84. The van der Waals surface area contributed by atoms with Gasteiger partial charge in [-0.2, -0.15) is 0 Å². The minimum atomic E-state index is -0.228. The van der Waals surface area contributed by atoms with Gasteiger partial charge in [0.05, 0.1) is 12.8 Å². The maximum absolute atomic E-state index is 12.2. The first kappa shape index (κ1) is 17.1. The SMILES string of the molecule is COc1ccc(OCC(=O)Nc2cccc(-c3cn4ccsc4n3)c2)cc1. The molecule has 0 aliphatic rings. The number of imidazole rings is 1. The molecule has 2 aromatic heterocycles. The number of hydrogen-bond acceptors (Lipinski definition) is 5. The number of amides is 1. The molecular formula is C20H17N3O3S. The molecule has 1 N–H and O–H groups in total. The molecule has 6 nitrogen and oxygen atoms in total. The van der Waals surface area contributed by atoms with Crippen LogP contribution < -0.4 is 14.8 Å². The first-order chi connectivity index (χ1) is 13.2. The summed E-state index contributed by atoms with van der Waals surface area (Å²) in [5.74, 6) is 1.12. The average molecular weight is 379 g/mol. The number of nitrogens with one attached hydrogen (secondary N) is 1. The molecule has 0 spiro atoms. The maximum Gasteiger partial charge on any atom is 0.262 e. The number of anilines is 1. The number of thiazole rings is 1. The fraction of sp³-hybridized carbons (Fsp3) is 0.100. The van der Waals surface area contributed by atoms with Crippen molar-refractivity contribution in [1.82, 2.24) is 9.38 Å². The molecule has 0 aliphatic heterocycles. The van der Waals surface area contributed by atoms with Crippen LogP contribution in [-0.4, -0.2) is 29.0 Å². The van der Waals surface area contributed by atoms with E-state index < -0.39 is 0 Å². The van der Waals surface area contributed by atoms with Crippen molar-refractivity contribution in [3.8, 4) is 22.8 Å². The van der Waals surface area contributed by atoms with Gasteiger partial charge in [-0.15, -0.1) is 11.3 Å². The fourth-order valence-corrected chi connectivity index (χ4v) is 3.34. The quantitative estimate of drug-likeness (QED) is 0.548. The second kappa shape index (κ2) is 7.51. The smallest absolute Gasteiger partial charge is 0.262 e. The number of rotatable bonds is 6. The second-order valence-electron chi connectivity index (χ2n) is 5.81. The molecule has 0 aliphatic carbocycles. The first-order valence-corrected chi connectivity index (χ1v) is 9.18. The molecule has 2 aromatic carbocycles. The van der Waals surface area contributed by atoms with Crippen LogP contribution in [0.25, 0.3) is 16.2 Å². The zero-order valence-electron chi connectivity index (χ0n) is 14.6. The van der Waals surface area contributed by atoms with E-state index in [1.54, 1.807) is 42.7 Å². The predicted octanol–water partition coefficient (Wildman–Crippen LogP) is 4.09. The number of fused-ring (bicyclic) bond motifs is 1. The number of benzene rings is 2. The Morgan fingerprint density at radius 3 is 2.78 bits per heavy atom. The van der Waals surface area contributed by atoms with Gasteiger partial charge in [0.25, 0.3) is 5.91 Å². The topological polar surface area (TPSA) is 64.9 Å². The minimum absolute atomic E-state index is 0.0727. The number of methoxy groups -OCH3 is 1. The van der Waals surface area contributed by atoms with Crippen LogP contribution >= 0.6 is 11.3 Å². The molecule has 7 heteroatoms. The lowest BCUT2D eigenvalue weighted by molar-refractivity contribution is -0.118. The molecule has 0 fully saturated rings. The van der Waals surface area contributed by atoms with E-state index in [-0.39, 0.29) is 12.5 Å². The third-order valence-electron chi connectivity index (χ3n) is 3.96. The number of aromatic nitrogens is 2. The highest BCUT2D eigenvalue weighted by Crippen LogP contribution is 2.24. The monoisotopic (exact) mass is 379 g/mol. The summed E-state index contributed by atoms with van der Waals surface area (Å²) in [6, 6.07) is 14.7. The van der Waals surface area contributed by atoms with Gasteiger partial charge >= 0.3 is 0 Å². The molecule has 4 aromatic rings. The highest BCUT2D eigenvalue weighted by molar-refractivity contribution is 7.15. The summed E-state index contributed by atoms with van der Waals surface area (Å²) in [6.45, 7) is -0.0727. The Labute approximate surface area is 160 Å². The van der Waals surface area contributed by atoms with E-state index in [0.29, 0.717) is 11.4 Å². The van der Waals surface area contributed by atoms with Crippen LogP contribution in [0, 0.1) is 0 Å². The van der Waals surface area contributed by atoms with Gasteiger partial charge in [0.2, 0.25) is 0 Å². The number of carbonyl (C=O) groups excluding carboxylic acids is 1. The molecule has 0 unspecified atom stereocenters. The largest absolute Gasteiger partial charge is 0.497 e. The molecule has 4 rings (SSSR count). The molecule has 0 radical (unpaired) electrons. The molecule has 0 saturated carbocycles. The normalized spacial score (nSPS) is 10.7. The Morgan fingerprint density at radius 2 is 2.00 bits per heavy atom. The zero-order chi connectivity index (χ0) is 18.6. The highest BCUT2D eigenvalue weighted by Gasteiger charge is 2.08. The average Bonchev–Trinajstić information content (AvgIpc) is 3.29. The zero-order valence-corrected chi connectivity index (χ0v) is 15.4. The van der Waals surface area contributed by atoms with Crippen LogP contribution in [-0.2, 0) is 4.79 Å². The van der Waals surface area contributed by atoms with Gasteiger partial charge in [-0.1, -0.05) is 12.1 Å². The van der Waals surface area contributed by atoms with E-state index in [2.05, 4.69) is 10.3 Å². The molecule has 0 saturated heterocycles. The van der Waals surface area contributed by atoms with Crippen LogP contribution in [0.4, 0.5) is 5.69 Å². The lowest BCUT2D eigenvalue weighted by atomic mass is 10.1. The molecule has 2 heterocycles. The summed E-state index contributed by atoms with van der Waals surface area (Å²) in [4.78, 5) is 17.7. The van der Waals surface area contributed by atoms with Crippen LogP contribution in [0.3, 0.4) is 0 Å². The van der Waals surface area contributed by atoms with Gasteiger partial charge in [0, 0.05) is 29.0 Å². The van der Waals surface area contributed by atoms with Crippen molar-refractivity contribution in [3.05, 3.63) is 66.3 Å². The van der Waals surface area contributed by atoms with Crippen LogP contribution in [0.2, 0.25) is 0 Å². The van der Waals surface area contributed by atoms with Gasteiger partial charge in [0.1, 0.15) is 11.5 Å². The van der Waals surface area contributed by atoms with Crippen LogP contribution in [0.1, 0.15) is 0 Å². The fourth-order valence-electron chi connectivity index (χ4n) is 2.64. The third-order valence-corrected chi connectivity index (χ3v) is 4.74. The van der Waals surface area contributed by atoms with E-state index in [4.69, 9.17) is 9.47 Å². The number of hydrogen-bond donors (Lipinski definition) is 1. The van der Waals surface area contributed by atoms with Crippen molar-refractivity contribution < 1.29 is 14.3 Å². The lowest BCUT2D eigenvalue weighted by Crippen LogP contribution is -2.20. The second-order valence-corrected chi connectivity index (χ2v) is 6.69. The molecule has 0 bridgehead atoms. The van der Waals surface area contributed by atoms with E-state index >= 15 is 0 Å². The van der Waals surface area contributed by atoms with Crippen molar-refractivity contribution in [2.24, 2.45) is 0 Å². The predicted molar refractivity (Wildman–Crippen MR) is 106 cm³/mol. The molecular weight excluding hydrogens is 362 g/mol. The Kier molecular flexibility index (Phi) is 4.76. The van der Waals surface area contributed by atoms with Crippen molar-refractivity contribution in [3.63, 3.8) is 0 Å². The van der Waals surface area contributed by atoms with Crippen LogP contribution in [0.5, 0.6) is 11.5 Å². The van der Waals surface area contributed by atoms with E-state index in [9.17, 15) is 4.79 Å². The van der Waals surface area contributed by atoms with E-state index in [0.717, 1.165) is 22.0 Å². The van der Waals surface area contributed by atoms with Gasteiger partial charge in [0.15, 0.2) is 11.6 Å². The summed E-state index contributed by atoms with van der Waals surface area (Å²) in [6.07, 6.45) is 3.94. The summed E-state index contributed by atoms with van der Waals surface area (Å²) >= 11 is 1.58. The minimum Gasteiger partial charge on any atom is -0.497 e. The number of carbonyl (C=O) groups is 1. The standard InChI is InChI=1S/C20H17N3O3S/c1-25-16-5-7-17(8-6-16)26-13-19(24)21-15-4-2-3-14(11-15)18-12-23-9-10-27-20(23)22-18/h2-12H,13H2,1H3,(H,21,24). The maximum atomic E-state index is 12.2. The van der Waals surface area contributed by atoms with Crippen LogP contribution in [0.15, 0.2) is 66.3 Å². The molecule has 0 atom stereocenters. The summed E-state index contributed by atoms with van der Waals surface area (Å²) in [5.41, 5.74) is 2.51. The van der Waals surface area contributed by atoms with Gasteiger partial charge < -0.3 is 14.8 Å². The third kappa shape index (κ3) is 3.93. The van der Waals surface area contributed by atoms with Crippen molar-refractivity contribution in [2.45, 2.75) is 0 Å². The highest BCUT2D eigenvalue weighted by atomic mass is 32.1. The lowest BCUT2D eigenvalue weighted by Gasteiger charge is -2.09. The summed E-state index contributed by atoms with van der Waals surface area (Å²) in [7, 11) is 1.60. The van der Waals surface area contributed by atoms with Crippen molar-refractivity contribution in [2.75, 3.05) is 19.0 Å². The Balaban J connectivity index is 1.39. The van der Waals surface area contributed by atoms with E-state index in [1.165, 1.54) is 0 Å². The van der Waals surface area contributed by atoms with Gasteiger partial charge in [-0.25, -0.2) is 4.98 Å².